The second-order valence-electron chi connectivity index (χ2n) is 4.47. The molecular formula is C14H13F3N2O. The van der Waals surface area contributed by atoms with Crippen LogP contribution in [0, 0.1) is 31.3 Å². The van der Waals surface area contributed by atoms with Gasteiger partial charge in [0.05, 0.1) is 5.69 Å². The molecule has 0 fully saturated rings. The van der Waals surface area contributed by atoms with E-state index in [4.69, 9.17) is 0 Å². The minimum atomic E-state index is -1.60. The first-order chi connectivity index (χ1) is 9.40. The summed E-state index contributed by atoms with van der Waals surface area (Å²) >= 11 is 0. The zero-order valence-corrected chi connectivity index (χ0v) is 11.0. The van der Waals surface area contributed by atoms with Crippen LogP contribution in [0.4, 0.5) is 18.9 Å². The van der Waals surface area contributed by atoms with Crippen LogP contribution in [-0.4, -0.2) is 10.5 Å². The van der Waals surface area contributed by atoms with Gasteiger partial charge in [0.25, 0.3) is 0 Å². The number of hydrogen-bond donors (Lipinski definition) is 1. The molecule has 1 amide bonds. The fourth-order valence-electron chi connectivity index (χ4n) is 1.90. The van der Waals surface area contributed by atoms with Gasteiger partial charge in [-0.3, -0.25) is 4.79 Å². The number of amides is 1. The quantitative estimate of drug-likeness (QED) is 0.862. The van der Waals surface area contributed by atoms with Crippen molar-refractivity contribution in [2.45, 2.75) is 20.4 Å². The number of benzene rings is 1. The van der Waals surface area contributed by atoms with Crippen LogP contribution in [0.15, 0.2) is 24.3 Å². The van der Waals surface area contributed by atoms with Crippen LogP contribution in [-0.2, 0) is 11.3 Å². The average Bonchev–Trinajstić information content (AvgIpc) is 2.71. The van der Waals surface area contributed by atoms with Gasteiger partial charge in [-0.15, -0.1) is 0 Å². The lowest BCUT2D eigenvalue weighted by Crippen LogP contribution is -2.21. The molecule has 1 heterocycles. The van der Waals surface area contributed by atoms with Gasteiger partial charge in [0.15, 0.2) is 17.5 Å². The maximum Gasteiger partial charge on any atom is 0.244 e. The molecule has 1 aromatic heterocycles. The third-order valence-electron chi connectivity index (χ3n) is 3.03. The number of anilines is 1. The largest absolute Gasteiger partial charge is 0.340 e. The first kappa shape index (κ1) is 14.2. The van der Waals surface area contributed by atoms with Gasteiger partial charge in [0, 0.05) is 11.4 Å². The molecule has 0 aliphatic rings. The van der Waals surface area contributed by atoms with E-state index >= 15 is 0 Å². The Bertz CT molecular complexity index is 645. The summed E-state index contributed by atoms with van der Waals surface area (Å²) in [6.07, 6.45) is 0. The van der Waals surface area contributed by atoms with Crippen molar-refractivity contribution >= 4 is 11.6 Å². The Morgan fingerprint density at radius 3 is 2.25 bits per heavy atom. The summed E-state index contributed by atoms with van der Waals surface area (Å²) in [4.78, 5) is 11.8. The van der Waals surface area contributed by atoms with E-state index in [1.807, 2.05) is 26.0 Å². The highest BCUT2D eigenvalue weighted by Gasteiger charge is 2.15. The fourth-order valence-corrected chi connectivity index (χ4v) is 1.90. The second-order valence-corrected chi connectivity index (χ2v) is 4.47. The van der Waals surface area contributed by atoms with Crippen molar-refractivity contribution in [1.82, 2.24) is 4.57 Å². The number of carbonyl (C=O) groups is 1. The summed E-state index contributed by atoms with van der Waals surface area (Å²) in [6, 6.07) is 5.45. The highest BCUT2D eigenvalue weighted by Crippen LogP contribution is 2.19. The van der Waals surface area contributed by atoms with E-state index in [0.717, 1.165) is 23.5 Å². The maximum absolute atomic E-state index is 13.4. The van der Waals surface area contributed by atoms with Crippen LogP contribution in [0.25, 0.3) is 0 Å². The standard InChI is InChI=1S/C14H13F3N2O/c1-8-3-4-9(2)19(8)7-12(20)18-11-6-5-10(15)13(16)14(11)17/h3-6H,7H2,1-2H3,(H,18,20). The highest BCUT2D eigenvalue weighted by atomic mass is 19.2. The van der Waals surface area contributed by atoms with Gasteiger partial charge in [-0.05, 0) is 38.1 Å². The maximum atomic E-state index is 13.4. The molecule has 0 aliphatic carbocycles. The van der Waals surface area contributed by atoms with Gasteiger partial charge in [0.1, 0.15) is 6.54 Å². The van der Waals surface area contributed by atoms with Gasteiger partial charge in [-0.2, -0.15) is 0 Å². The molecule has 106 valence electrons. The molecule has 0 spiro atoms. The van der Waals surface area contributed by atoms with E-state index in [1.54, 1.807) is 4.57 Å². The molecule has 2 rings (SSSR count). The Morgan fingerprint density at radius 2 is 1.65 bits per heavy atom. The van der Waals surface area contributed by atoms with Gasteiger partial charge >= 0.3 is 0 Å². The van der Waals surface area contributed by atoms with E-state index in [1.165, 1.54) is 0 Å². The molecule has 0 bridgehead atoms. The van der Waals surface area contributed by atoms with Crippen LogP contribution in [0.2, 0.25) is 0 Å². The van der Waals surface area contributed by atoms with Crippen LogP contribution >= 0.6 is 0 Å². The summed E-state index contributed by atoms with van der Waals surface area (Å²) in [6.45, 7) is 3.64. The highest BCUT2D eigenvalue weighted by molar-refractivity contribution is 5.90. The second kappa shape index (κ2) is 5.40. The van der Waals surface area contributed by atoms with E-state index in [0.29, 0.717) is 0 Å². The molecule has 1 N–H and O–H groups in total. The van der Waals surface area contributed by atoms with E-state index in [2.05, 4.69) is 5.32 Å². The first-order valence-electron chi connectivity index (χ1n) is 5.96. The molecule has 2 aromatic rings. The molecule has 0 atom stereocenters. The monoisotopic (exact) mass is 282 g/mol. The summed E-state index contributed by atoms with van der Waals surface area (Å²) < 4.78 is 41.0. The van der Waals surface area contributed by atoms with Crippen LogP contribution in [0.5, 0.6) is 0 Å². The Kier molecular flexibility index (Phi) is 3.83. The summed E-state index contributed by atoms with van der Waals surface area (Å²) in [7, 11) is 0. The third-order valence-corrected chi connectivity index (χ3v) is 3.03. The van der Waals surface area contributed by atoms with Gasteiger partial charge < -0.3 is 9.88 Å². The van der Waals surface area contributed by atoms with Crippen molar-refractivity contribution in [3.63, 3.8) is 0 Å². The Labute approximate surface area is 114 Å². The van der Waals surface area contributed by atoms with Crippen LogP contribution in [0.1, 0.15) is 11.4 Å². The molecule has 0 radical (unpaired) electrons. The van der Waals surface area contributed by atoms with Crippen molar-refractivity contribution in [2.75, 3.05) is 5.32 Å². The third kappa shape index (κ3) is 2.68. The normalized spacial score (nSPS) is 10.7. The van der Waals surface area contributed by atoms with Crippen molar-refractivity contribution in [3.8, 4) is 0 Å². The molecule has 6 heteroatoms. The molecule has 20 heavy (non-hydrogen) atoms. The average molecular weight is 282 g/mol. The van der Waals surface area contributed by atoms with Crippen molar-refractivity contribution in [2.24, 2.45) is 0 Å². The molecule has 0 saturated heterocycles. The van der Waals surface area contributed by atoms with Crippen molar-refractivity contribution in [3.05, 3.63) is 53.1 Å². The molecule has 1 aromatic carbocycles. The number of halogens is 3. The SMILES string of the molecule is Cc1ccc(C)n1CC(=O)Nc1ccc(F)c(F)c1F. The van der Waals surface area contributed by atoms with E-state index in [-0.39, 0.29) is 12.2 Å². The zero-order chi connectivity index (χ0) is 14.9. The number of aryl methyl sites for hydroxylation is 2. The molecule has 0 unspecified atom stereocenters. The lowest BCUT2D eigenvalue weighted by atomic mass is 10.2. The number of nitrogens with zero attached hydrogens (tertiary/aromatic N) is 1. The number of aromatic nitrogens is 1. The smallest absolute Gasteiger partial charge is 0.244 e. The first-order valence-corrected chi connectivity index (χ1v) is 5.96. The number of carbonyl (C=O) groups excluding carboxylic acids is 1. The summed E-state index contributed by atoms with van der Waals surface area (Å²) in [5.74, 6) is -4.81. The predicted molar refractivity (Wildman–Crippen MR) is 68.9 cm³/mol. The molecule has 0 saturated carbocycles. The van der Waals surface area contributed by atoms with Crippen LogP contribution < -0.4 is 5.32 Å². The Morgan fingerprint density at radius 1 is 1.05 bits per heavy atom. The minimum absolute atomic E-state index is 0.0247. The topological polar surface area (TPSA) is 34.0 Å². The summed E-state index contributed by atoms with van der Waals surface area (Å²) in [5.41, 5.74) is 1.38. The van der Waals surface area contributed by atoms with Crippen molar-refractivity contribution in [1.29, 1.82) is 0 Å². The van der Waals surface area contributed by atoms with E-state index in [9.17, 15) is 18.0 Å². The zero-order valence-electron chi connectivity index (χ0n) is 11.0. The van der Waals surface area contributed by atoms with Gasteiger partial charge in [-0.1, -0.05) is 0 Å². The Hall–Kier alpha value is -2.24. The van der Waals surface area contributed by atoms with E-state index < -0.39 is 23.4 Å². The number of nitrogens with one attached hydrogen (secondary N) is 1. The predicted octanol–water partition coefficient (Wildman–Crippen LogP) is 3.16. The lowest BCUT2D eigenvalue weighted by Gasteiger charge is -2.11. The lowest BCUT2D eigenvalue weighted by molar-refractivity contribution is -0.116. The van der Waals surface area contributed by atoms with Crippen LogP contribution in [0.3, 0.4) is 0 Å². The molecule has 0 aliphatic heterocycles. The van der Waals surface area contributed by atoms with Gasteiger partial charge in [0.2, 0.25) is 5.91 Å². The molecule has 3 nitrogen and oxygen atoms in total. The van der Waals surface area contributed by atoms with Crippen molar-refractivity contribution < 1.29 is 18.0 Å². The van der Waals surface area contributed by atoms with Gasteiger partial charge in [-0.25, -0.2) is 13.2 Å². The number of hydrogen-bond acceptors (Lipinski definition) is 1. The Balaban J connectivity index is 2.15. The minimum Gasteiger partial charge on any atom is -0.340 e. The summed E-state index contributed by atoms with van der Waals surface area (Å²) in [5, 5.41) is 2.23. The number of rotatable bonds is 3. The fraction of sp³-hybridized carbons (Fsp3) is 0.214. The molecular weight excluding hydrogens is 269 g/mol.